The van der Waals surface area contributed by atoms with Crippen LogP contribution >= 0.6 is 11.3 Å². The molecule has 3 amide bonds. The van der Waals surface area contributed by atoms with Gasteiger partial charge in [0, 0.05) is 37.7 Å². The van der Waals surface area contributed by atoms with Gasteiger partial charge in [0.15, 0.2) is 0 Å². The highest BCUT2D eigenvalue weighted by molar-refractivity contribution is 7.15. The topological polar surface area (TPSA) is 78.4 Å². The normalized spacial score (nSPS) is 17.1. The van der Waals surface area contributed by atoms with Gasteiger partial charge < -0.3 is 9.80 Å². The monoisotopic (exact) mass is 389 g/mol. The Morgan fingerprint density at radius 1 is 1.15 bits per heavy atom. The molecule has 0 radical (unpaired) electrons. The molecule has 1 N–H and O–H groups in total. The highest BCUT2D eigenvalue weighted by atomic mass is 32.1. The fraction of sp³-hybridized carbons (Fsp3) is 0.444. The zero-order valence-electron chi connectivity index (χ0n) is 14.9. The largest absolute Gasteiger partial charge is 0.335 e. The third kappa shape index (κ3) is 3.92. The second-order valence-corrected chi connectivity index (χ2v) is 7.90. The molecule has 0 bridgehead atoms. The van der Waals surface area contributed by atoms with Gasteiger partial charge in [-0.15, -0.1) is 10.2 Å². The van der Waals surface area contributed by atoms with E-state index in [-0.39, 0.29) is 17.8 Å². The molecule has 2 aliphatic rings. The molecule has 0 unspecified atom stereocenters. The maximum Gasteiger partial charge on any atom is 0.323 e. The molecule has 9 heteroatoms. The predicted octanol–water partition coefficient (Wildman–Crippen LogP) is 2.85. The molecule has 1 aromatic heterocycles. The van der Waals surface area contributed by atoms with Crippen molar-refractivity contribution in [2.75, 3.05) is 31.5 Å². The summed E-state index contributed by atoms with van der Waals surface area (Å²) in [4.78, 5) is 28.2. The molecule has 1 saturated heterocycles. The molecule has 7 nitrogen and oxygen atoms in total. The highest BCUT2D eigenvalue weighted by Gasteiger charge is 2.29. The summed E-state index contributed by atoms with van der Waals surface area (Å²) in [5, 5.41) is 12.4. The van der Waals surface area contributed by atoms with Crippen molar-refractivity contribution >= 4 is 28.4 Å². The fourth-order valence-corrected chi connectivity index (χ4v) is 3.87. The summed E-state index contributed by atoms with van der Waals surface area (Å²) in [7, 11) is 0. The van der Waals surface area contributed by atoms with E-state index in [0.717, 1.165) is 17.8 Å². The van der Waals surface area contributed by atoms with Crippen LogP contribution in [0.3, 0.4) is 0 Å². The van der Waals surface area contributed by atoms with Gasteiger partial charge in [-0.1, -0.05) is 17.4 Å². The van der Waals surface area contributed by atoms with Crippen molar-refractivity contribution in [1.29, 1.82) is 0 Å². The van der Waals surface area contributed by atoms with E-state index in [4.69, 9.17) is 0 Å². The van der Waals surface area contributed by atoms with E-state index in [2.05, 4.69) is 15.5 Å². The lowest BCUT2D eigenvalue weighted by Gasteiger charge is -2.34. The molecule has 4 rings (SSSR count). The van der Waals surface area contributed by atoms with Gasteiger partial charge in [0.2, 0.25) is 5.13 Å². The van der Waals surface area contributed by atoms with Gasteiger partial charge in [0.1, 0.15) is 10.8 Å². The maximum atomic E-state index is 13.7. The molecule has 2 heterocycles. The Morgan fingerprint density at radius 2 is 1.85 bits per heavy atom. The number of piperazine rings is 1. The summed E-state index contributed by atoms with van der Waals surface area (Å²) >= 11 is 1.42. The number of hydrogen-bond acceptors (Lipinski definition) is 5. The Labute approximate surface area is 160 Å². The van der Waals surface area contributed by atoms with E-state index in [1.54, 1.807) is 28.9 Å². The first-order valence-electron chi connectivity index (χ1n) is 8.96. The second-order valence-electron chi connectivity index (χ2n) is 6.89. The zero-order chi connectivity index (χ0) is 19.0. The van der Waals surface area contributed by atoms with E-state index < -0.39 is 0 Å². The van der Waals surface area contributed by atoms with Crippen LogP contribution in [0, 0.1) is 12.7 Å². The Morgan fingerprint density at radius 3 is 2.52 bits per heavy atom. The van der Waals surface area contributed by atoms with E-state index in [0.29, 0.717) is 48.4 Å². The van der Waals surface area contributed by atoms with Crippen LogP contribution in [-0.4, -0.2) is 58.1 Å². The van der Waals surface area contributed by atoms with Crippen LogP contribution in [0.1, 0.15) is 39.7 Å². The molecule has 1 aromatic carbocycles. The van der Waals surface area contributed by atoms with E-state index in [1.807, 2.05) is 0 Å². The average molecular weight is 389 g/mol. The molecule has 0 atom stereocenters. The molecule has 1 saturated carbocycles. The number of carbonyl (C=O) groups is 2. The first-order valence-corrected chi connectivity index (χ1v) is 9.77. The molecular weight excluding hydrogens is 369 g/mol. The Bertz CT molecular complexity index is 874. The van der Waals surface area contributed by atoms with Crippen molar-refractivity contribution in [3.8, 4) is 0 Å². The van der Waals surface area contributed by atoms with Gasteiger partial charge in [-0.3, -0.25) is 10.1 Å². The highest BCUT2D eigenvalue weighted by Crippen LogP contribution is 2.42. The van der Waals surface area contributed by atoms with Gasteiger partial charge in [0.05, 0.1) is 0 Å². The number of nitrogens with zero attached hydrogens (tertiary/aromatic N) is 4. The van der Waals surface area contributed by atoms with Crippen LogP contribution in [0.25, 0.3) is 0 Å². The summed E-state index contributed by atoms with van der Waals surface area (Å²) in [5.41, 5.74) is 0.840. The minimum atomic E-state index is -0.388. The van der Waals surface area contributed by atoms with Crippen LogP contribution in [-0.2, 0) is 0 Å². The first kappa shape index (κ1) is 17.8. The number of aromatic nitrogens is 2. The molecule has 1 aliphatic heterocycles. The van der Waals surface area contributed by atoms with E-state index in [1.165, 1.54) is 17.4 Å². The molecule has 27 heavy (non-hydrogen) atoms. The number of amides is 3. The van der Waals surface area contributed by atoms with Crippen LogP contribution in [0.4, 0.5) is 14.3 Å². The van der Waals surface area contributed by atoms with Crippen molar-refractivity contribution in [1.82, 2.24) is 20.0 Å². The molecule has 142 valence electrons. The molecule has 0 spiro atoms. The lowest BCUT2D eigenvalue weighted by Crippen LogP contribution is -2.51. The number of anilines is 1. The van der Waals surface area contributed by atoms with Crippen molar-refractivity contribution in [2.45, 2.75) is 25.7 Å². The van der Waals surface area contributed by atoms with Crippen LogP contribution in [0.2, 0.25) is 0 Å². The standard InChI is InChI=1S/C18H20FN5O2S/c1-11-2-3-13(10-14(11)19)16(25)23-6-8-24(9-7-23)18(26)20-17-22-21-15(27-17)12-4-5-12/h2-3,10,12H,4-9H2,1H3,(H,20,22,26). The van der Waals surface area contributed by atoms with Crippen molar-refractivity contribution in [3.05, 3.63) is 40.2 Å². The summed E-state index contributed by atoms with van der Waals surface area (Å²) < 4.78 is 13.7. The maximum absolute atomic E-state index is 13.7. The lowest BCUT2D eigenvalue weighted by molar-refractivity contribution is 0.0671. The van der Waals surface area contributed by atoms with Crippen molar-refractivity contribution in [2.24, 2.45) is 0 Å². The van der Waals surface area contributed by atoms with Crippen LogP contribution in [0.15, 0.2) is 18.2 Å². The predicted molar refractivity (Wildman–Crippen MR) is 99.5 cm³/mol. The third-order valence-corrected chi connectivity index (χ3v) is 5.86. The molecular formula is C18H20FN5O2S. The summed E-state index contributed by atoms with van der Waals surface area (Å²) in [5.74, 6) is -0.0945. The average Bonchev–Trinajstić information content (AvgIpc) is 3.43. The van der Waals surface area contributed by atoms with Gasteiger partial charge in [0.25, 0.3) is 5.91 Å². The Kier molecular flexibility index (Phi) is 4.77. The van der Waals surface area contributed by atoms with Gasteiger partial charge in [-0.2, -0.15) is 0 Å². The second kappa shape index (κ2) is 7.22. The van der Waals surface area contributed by atoms with E-state index >= 15 is 0 Å². The van der Waals surface area contributed by atoms with Crippen LogP contribution < -0.4 is 5.32 Å². The van der Waals surface area contributed by atoms with Crippen LogP contribution in [0.5, 0.6) is 0 Å². The number of halogens is 1. The Balaban J connectivity index is 1.31. The molecule has 2 fully saturated rings. The minimum Gasteiger partial charge on any atom is -0.335 e. The number of aryl methyl sites for hydroxylation is 1. The SMILES string of the molecule is Cc1ccc(C(=O)N2CCN(C(=O)Nc3nnc(C4CC4)s3)CC2)cc1F. The van der Waals surface area contributed by atoms with Gasteiger partial charge in [-0.05, 0) is 37.5 Å². The van der Waals surface area contributed by atoms with Gasteiger partial charge >= 0.3 is 6.03 Å². The smallest absolute Gasteiger partial charge is 0.323 e. The Hall–Kier alpha value is -2.55. The quantitative estimate of drug-likeness (QED) is 0.876. The number of benzene rings is 1. The fourth-order valence-electron chi connectivity index (χ4n) is 2.97. The third-order valence-electron chi connectivity index (χ3n) is 4.85. The first-order chi connectivity index (χ1) is 13.0. The summed E-state index contributed by atoms with van der Waals surface area (Å²) in [6, 6.07) is 4.27. The number of nitrogens with one attached hydrogen (secondary N) is 1. The molecule has 1 aliphatic carbocycles. The van der Waals surface area contributed by atoms with Gasteiger partial charge in [-0.25, -0.2) is 9.18 Å². The number of hydrogen-bond donors (Lipinski definition) is 1. The minimum absolute atomic E-state index is 0.216. The summed E-state index contributed by atoms with van der Waals surface area (Å²) in [6.07, 6.45) is 2.28. The number of rotatable bonds is 3. The van der Waals surface area contributed by atoms with Crippen molar-refractivity contribution < 1.29 is 14.0 Å². The number of carbonyl (C=O) groups excluding carboxylic acids is 2. The summed E-state index contributed by atoms with van der Waals surface area (Å²) in [6.45, 7) is 3.31. The lowest BCUT2D eigenvalue weighted by atomic mass is 10.1. The van der Waals surface area contributed by atoms with E-state index in [9.17, 15) is 14.0 Å². The number of urea groups is 1. The molecule has 2 aromatic rings. The zero-order valence-corrected chi connectivity index (χ0v) is 15.8. The van der Waals surface area contributed by atoms with Crippen molar-refractivity contribution in [3.63, 3.8) is 0 Å².